The summed E-state index contributed by atoms with van der Waals surface area (Å²) in [6, 6.07) is 1.32. The summed E-state index contributed by atoms with van der Waals surface area (Å²) in [6.45, 7) is -0.113. The van der Waals surface area contributed by atoms with Crippen molar-refractivity contribution in [3.63, 3.8) is 0 Å². The first-order chi connectivity index (χ1) is 6.66. The van der Waals surface area contributed by atoms with Gasteiger partial charge in [-0.2, -0.15) is 0 Å². The Hall–Kier alpha value is -2.11. The number of nitrogens with zero attached hydrogens (tertiary/aromatic N) is 1. The number of aromatic nitrogens is 1. The normalized spacial score (nSPS) is 13.9. The van der Waals surface area contributed by atoms with E-state index < -0.39 is 5.97 Å². The standard InChI is InChI=1S/C8H6N2O4/c11-6-3-14-5-1-4(8(12)13)2-9-7(5)10-6/h1-2H,3H2,(H,12,13)(H,9,10,11). The molecule has 0 unspecified atom stereocenters. The van der Waals surface area contributed by atoms with Crippen molar-refractivity contribution in [2.75, 3.05) is 11.9 Å². The highest BCUT2D eigenvalue weighted by Gasteiger charge is 2.18. The molecule has 1 aromatic heterocycles. The summed E-state index contributed by atoms with van der Waals surface area (Å²) in [5.74, 6) is -0.843. The number of amides is 1. The fourth-order valence-corrected chi connectivity index (χ4v) is 1.08. The highest BCUT2D eigenvalue weighted by Crippen LogP contribution is 2.25. The Balaban J connectivity index is 2.41. The highest BCUT2D eigenvalue weighted by molar-refractivity contribution is 5.95. The molecule has 0 saturated carbocycles. The van der Waals surface area contributed by atoms with Gasteiger partial charge in [-0.3, -0.25) is 4.79 Å². The zero-order valence-electron chi connectivity index (χ0n) is 6.98. The largest absolute Gasteiger partial charge is 0.480 e. The summed E-state index contributed by atoms with van der Waals surface area (Å²) in [4.78, 5) is 25.2. The summed E-state index contributed by atoms with van der Waals surface area (Å²) in [5.41, 5.74) is 0.0277. The summed E-state index contributed by atoms with van der Waals surface area (Å²) in [5, 5.41) is 11.1. The second-order valence-corrected chi connectivity index (χ2v) is 2.71. The van der Waals surface area contributed by atoms with E-state index in [9.17, 15) is 9.59 Å². The first kappa shape index (κ1) is 8.49. The molecule has 0 fully saturated rings. The van der Waals surface area contributed by atoms with E-state index in [0.29, 0.717) is 0 Å². The van der Waals surface area contributed by atoms with Gasteiger partial charge < -0.3 is 15.2 Å². The topological polar surface area (TPSA) is 88.5 Å². The van der Waals surface area contributed by atoms with Gasteiger partial charge in [0, 0.05) is 12.3 Å². The fraction of sp³-hybridized carbons (Fsp3) is 0.125. The van der Waals surface area contributed by atoms with E-state index in [1.807, 2.05) is 0 Å². The number of nitrogens with one attached hydrogen (secondary N) is 1. The Bertz CT molecular complexity index is 416. The number of anilines is 1. The second kappa shape index (κ2) is 2.99. The van der Waals surface area contributed by atoms with E-state index in [1.165, 1.54) is 6.07 Å². The Morgan fingerprint density at radius 3 is 3.14 bits per heavy atom. The number of carboxylic acid groups (broad SMARTS) is 1. The lowest BCUT2D eigenvalue weighted by molar-refractivity contribution is -0.118. The van der Waals surface area contributed by atoms with Crippen molar-refractivity contribution in [1.82, 2.24) is 4.98 Å². The van der Waals surface area contributed by atoms with Crippen LogP contribution in [0.3, 0.4) is 0 Å². The minimum atomic E-state index is -1.08. The van der Waals surface area contributed by atoms with Crippen LogP contribution in [-0.2, 0) is 4.79 Å². The minimum Gasteiger partial charge on any atom is -0.480 e. The molecular formula is C8H6N2O4. The van der Waals surface area contributed by atoms with Crippen LogP contribution < -0.4 is 10.1 Å². The van der Waals surface area contributed by atoms with E-state index in [4.69, 9.17) is 9.84 Å². The van der Waals surface area contributed by atoms with Gasteiger partial charge in [-0.15, -0.1) is 0 Å². The Kier molecular flexibility index (Phi) is 1.81. The van der Waals surface area contributed by atoms with Crippen LogP contribution in [0.25, 0.3) is 0 Å². The third kappa shape index (κ3) is 1.37. The van der Waals surface area contributed by atoms with Crippen LogP contribution in [-0.4, -0.2) is 28.6 Å². The Labute approximate surface area is 78.5 Å². The molecule has 6 nitrogen and oxygen atoms in total. The molecule has 0 bridgehead atoms. The molecule has 0 saturated heterocycles. The average Bonchev–Trinajstić information content (AvgIpc) is 2.16. The van der Waals surface area contributed by atoms with Crippen molar-refractivity contribution in [1.29, 1.82) is 0 Å². The molecule has 1 aromatic rings. The third-order valence-electron chi connectivity index (χ3n) is 1.72. The van der Waals surface area contributed by atoms with Gasteiger partial charge in [-0.05, 0) is 0 Å². The molecule has 6 heteroatoms. The molecule has 0 aliphatic carbocycles. The van der Waals surface area contributed by atoms with E-state index in [0.717, 1.165) is 6.20 Å². The second-order valence-electron chi connectivity index (χ2n) is 2.71. The molecular weight excluding hydrogens is 188 g/mol. The maximum Gasteiger partial charge on any atom is 0.337 e. The maximum atomic E-state index is 10.9. The lowest BCUT2D eigenvalue weighted by Gasteiger charge is -2.16. The summed E-state index contributed by atoms with van der Waals surface area (Å²) in [7, 11) is 0. The molecule has 72 valence electrons. The van der Waals surface area contributed by atoms with Crippen LogP contribution in [0.5, 0.6) is 5.75 Å². The van der Waals surface area contributed by atoms with Crippen molar-refractivity contribution >= 4 is 17.7 Å². The summed E-state index contributed by atoms with van der Waals surface area (Å²) >= 11 is 0. The van der Waals surface area contributed by atoms with E-state index in [-0.39, 0.29) is 29.6 Å². The molecule has 1 aliphatic heterocycles. The number of pyridine rings is 1. The number of ether oxygens (including phenoxy) is 1. The number of fused-ring (bicyclic) bond motifs is 1. The van der Waals surface area contributed by atoms with Crippen LogP contribution in [0, 0.1) is 0 Å². The van der Waals surface area contributed by atoms with E-state index in [2.05, 4.69) is 10.3 Å². The van der Waals surface area contributed by atoms with Crippen molar-refractivity contribution in [2.24, 2.45) is 0 Å². The van der Waals surface area contributed by atoms with Crippen molar-refractivity contribution in [2.45, 2.75) is 0 Å². The van der Waals surface area contributed by atoms with E-state index in [1.54, 1.807) is 0 Å². The molecule has 2 heterocycles. The van der Waals surface area contributed by atoms with Gasteiger partial charge in [0.25, 0.3) is 5.91 Å². The van der Waals surface area contributed by atoms with E-state index >= 15 is 0 Å². The highest BCUT2D eigenvalue weighted by atomic mass is 16.5. The summed E-state index contributed by atoms with van der Waals surface area (Å²) in [6.07, 6.45) is 1.16. The number of carboxylic acids is 1. The van der Waals surface area contributed by atoms with Gasteiger partial charge in [0.1, 0.15) is 0 Å². The monoisotopic (exact) mass is 194 g/mol. The molecule has 2 rings (SSSR count). The fourth-order valence-electron chi connectivity index (χ4n) is 1.08. The molecule has 0 radical (unpaired) electrons. The molecule has 2 N–H and O–H groups in total. The number of carbonyl (C=O) groups excluding carboxylic acids is 1. The quantitative estimate of drug-likeness (QED) is 0.662. The molecule has 0 aromatic carbocycles. The molecule has 0 spiro atoms. The van der Waals surface area contributed by atoms with Crippen LogP contribution in [0.4, 0.5) is 5.82 Å². The number of aromatic carboxylic acids is 1. The third-order valence-corrected chi connectivity index (χ3v) is 1.72. The zero-order chi connectivity index (χ0) is 10.1. The van der Waals surface area contributed by atoms with Gasteiger partial charge in [0.05, 0.1) is 5.56 Å². The van der Waals surface area contributed by atoms with Crippen LogP contribution in [0.1, 0.15) is 10.4 Å². The van der Waals surface area contributed by atoms with Crippen LogP contribution in [0.2, 0.25) is 0 Å². The van der Waals surface area contributed by atoms with Gasteiger partial charge in [-0.25, -0.2) is 9.78 Å². The number of rotatable bonds is 1. The predicted octanol–water partition coefficient (Wildman–Crippen LogP) is 0.111. The van der Waals surface area contributed by atoms with Gasteiger partial charge in [0.2, 0.25) is 0 Å². The molecule has 14 heavy (non-hydrogen) atoms. The zero-order valence-corrected chi connectivity index (χ0v) is 6.98. The number of carbonyl (C=O) groups is 2. The van der Waals surface area contributed by atoms with Crippen molar-refractivity contribution in [3.05, 3.63) is 17.8 Å². The maximum absolute atomic E-state index is 10.9. The molecule has 1 aliphatic rings. The van der Waals surface area contributed by atoms with Crippen molar-refractivity contribution in [3.8, 4) is 5.75 Å². The first-order valence-corrected chi connectivity index (χ1v) is 3.83. The lowest BCUT2D eigenvalue weighted by atomic mass is 10.2. The van der Waals surface area contributed by atoms with Gasteiger partial charge in [-0.1, -0.05) is 0 Å². The van der Waals surface area contributed by atoms with Gasteiger partial charge >= 0.3 is 5.97 Å². The van der Waals surface area contributed by atoms with Gasteiger partial charge in [0.15, 0.2) is 18.2 Å². The predicted molar refractivity (Wildman–Crippen MR) is 45.3 cm³/mol. The number of hydrogen-bond acceptors (Lipinski definition) is 4. The molecule has 1 amide bonds. The summed E-state index contributed by atoms with van der Waals surface area (Å²) < 4.78 is 4.99. The number of hydrogen-bond donors (Lipinski definition) is 2. The first-order valence-electron chi connectivity index (χ1n) is 3.83. The average molecular weight is 194 g/mol. The van der Waals surface area contributed by atoms with Crippen molar-refractivity contribution < 1.29 is 19.4 Å². The molecule has 0 atom stereocenters. The SMILES string of the molecule is O=C1COc2cc(C(=O)O)cnc2N1. The Morgan fingerprint density at radius 2 is 2.43 bits per heavy atom. The Morgan fingerprint density at radius 1 is 1.64 bits per heavy atom. The van der Waals surface area contributed by atoms with Crippen LogP contribution in [0.15, 0.2) is 12.3 Å². The lowest BCUT2D eigenvalue weighted by Crippen LogP contribution is -2.26. The smallest absolute Gasteiger partial charge is 0.337 e. The minimum absolute atomic E-state index is 0.0277. The van der Waals surface area contributed by atoms with Crippen LogP contribution >= 0.6 is 0 Å².